The molecule has 11 heavy (non-hydrogen) atoms. The molecule has 1 aromatic rings. The van der Waals surface area contributed by atoms with Crippen molar-refractivity contribution in [3.63, 3.8) is 0 Å². The minimum Gasteiger partial charge on any atom is -0.481 e. The number of ether oxygens (including phenoxy) is 1. The van der Waals surface area contributed by atoms with Crippen molar-refractivity contribution >= 4 is 15.9 Å². The van der Waals surface area contributed by atoms with Gasteiger partial charge in [-0.05, 0) is 6.07 Å². The Bertz CT molecular complexity index is 306. The molecule has 56 valence electrons. The lowest BCUT2D eigenvalue weighted by Crippen LogP contribution is -1.89. The van der Waals surface area contributed by atoms with Crippen LogP contribution in [0.15, 0.2) is 16.6 Å². The van der Waals surface area contributed by atoms with Crippen LogP contribution in [0, 0.1) is 11.3 Å². The third-order valence-corrected chi connectivity index (χ3v) is 1.55. The molecule has 0 spiro atoms. The van der Waals surface area contributed by atoms with E-state index < -0.39 is 0 Å². The molecule has 1 aromatic heterocycles. The van der Waals surface area contributed by atoms with Gasteiger partial charge >= 0.3 is 0 Å². The van der Waals surface area contributed by atoms with Gasteiger partial charge in [0.15, 0.2) is 0 Å². The second-order valence-corrected chi connectivity index (χ2v) is 2.74. The number of hydrogen-bond acceptors (Lipinski definition) is 3. The number of nitriles is 1. The van der Waals surface area contributed by atoms with Crippen molar-refractivity contribution in [2.24, 2.45) is 0 Å². The van der Waals surface area contributed by atoms with Gasteiger partial charge in [-0.3, -0.25) is 0 Å². The van der Waals surface area contributed by atoms with E-state index in [1.807, 2.05) is 6.07 Å². The molecule has 0 saturated carbocycles. The molecule has 0 saturated heterocycles. The van der Waals surface area contributed by atoms with Gasteiger partial charge in [0.2, 0.25) is 5.88 Å². The normalized spacial score (nSPS) is 8.82. The zero-order valence-electron chi connectivity index (χ0n) is 5.84. The van der Waals surface area contributed by atoms with Crippen molar-refractivity contribution in [1.82, 2.24) is 4.98 Å². The highest BCUT2D eigenvalue weighted by atomic mass is 79.9. The summed E-state index contributed by atoms with van der Waals surface area (Å²) < 4.78 is 5.64. The quantitative estimate of drug-likeness (QED) is 0.713. The Labute approximate surface area is 72.8 Å². The molecular formula is C7H5BrN2O. The van der Waals surface area contributed by atoms with Gasteiger partial charge in [-0.15, -0.1) is 0 Å². The highest BCUT2D eigenvalue weighted by Gasteiger charge is 1.98. The van der Waals surface area contributed by atoms with Crippen LogP contribution >= 0.6 is 15.9 Å². The lowest BCUT2D eigenvalue weighted by molar-refractivity contribution is 0.397. The van der Waals surface area contributed by atoms with Gasteiger partial charge < -0.3 is 4.74 Å². The molecule has 0 fully saturated rings. The highest BCUT2D eigenvalue weighted by Crippen LogP contribution is 2.16. The molecule has 3 nitrogen and oxygen atoms in total. The largest absolute Gasteiger partial charge is 0.481 e. The summed E-state index contributed by atoms with van der Waals surface area (Å²) >= 11 is 3.22. The van der Waals surface area contributed by atoms with E-state index in [9.17, 15) is 0 Å². The third kappa shape index (κ3) is 1.92. The molecule has 0 aliphatic rings. The Balaban J connectivity index is 3.15. The zero-order valence-corrected chi connectivity index (χ0v) is 7.42. The molecule has 0 aromatic carbocycles. The number of halogens is 1. The maximum Gasteiger partial charge on any atom is 0.215 e. The van der Waals surface area contributed by atoms with E-state index in [2.05, 4.69) is 20.9 Å². The topological polar surface area (TPSA) is 45.9 Å². The Hall–Kier alpha value is -1.08. The van der Waals surface area contributed by atoms with Gasteiger partial charge in [0.1, 0.15) is 11.8 Å². The summed E-state index contributed by atoms with van der Waals surface area (Å²) in [6.45, 7) is 0. The third-order valence-electron chi connectivity index (χ3n) is 1.09. The van der Waals surface area contributed by atoms with Crippen LogP contribution in [0.4, 0.5) is 0 Å². The van der Waals surface area contributed by atoms with E-state index in [-0.39, 0.29) is 0 Å². The van der Waals surface area contributed by atoms with Crippen LogP contribution in [0.2, 0.25) is 0 Å². The van der Waals surface area contributed by atoms with Gasteiger partial charge in [0.25, 0.3) is 0 Å². The van der Waals surface area contributed by atoms with Crippen molar-refractivity contribution < 1.29 is 4.74 Å². The minimum absolute atomic E-state index is 0.344. The summed E-state index contributed by atoms with van der Waals surface area (Å²) in [4.78, 5) is 3.86. The number of pyridine rings is 1. The summed E-state index contributed by atoms with van der Waals surface area (Å²) in [6.07, 6.45) is 0. The van der Waals surface area contributed by atoms with Gasteiger partial charge in [-0.2, -0.15) is 5.26 Å². The maximum absolute atomic E-state index is 8.49. The average molecular weight is 213 g/mol. The van der Waals surface area contributed by atoms with E-state index in [1.54, 1.807) is 12.1 Å². The molecule has 0 radical (unpaired) electrons. The Morgan fingerprint density at radius 2 is 2.36 bits per heavy atom. The van der Waals surface area contributed by atoms with Crippen LogP contribution in [-0.4, -0.2) is 12.1 Å². The molecule has 0 aliphatic carbocycles. The fourth-order valence-corrected chi connectivity index (χ4v) is 1.05. The number of nitrogens with zero attached hydrogens (tertiary/aromatic N) is 2. The van der Waals surface area contributed by atoms with Gasteiger partial charge in [0.05, 0.1) is 7.11 Å². The fraction of sp³-hybridized carbons (Fsp3) is 0.143. The van der Waals surface area contributed by atoms with Crippen molar-refractivity contribution in [2.45, 2.75) is 0 Å². The lowest BCUT2D eigenvalue weighted by Gasteiger charge is -1.98. The first-order valence-electron chi connectivity index (χ1n) is 2.88. The fourth-order valence-electron chi connectivity index (χ4n) is 0.635. The van der Waals surface area contributed by atoms with E-state index in [4.69, 9.17) is 10.00 Å². The summed E-state index contributed by atoms with van der Waals surface area (Å²) in [6, 6.07) is 5.24. The smallest absolute Gasteiger partial charge is 0.215 e. The number of aromatic nitrogens is 1. The van der Waals surface area contributed by atoms with Crippen LogP contribution in [-0.2, 0) is 0 Å². The SMILES string of the molecule is COc1cc(Br)cc(C#N)n1. The lowest BCUT2D eigenvalue weighted by atomic mass is 10.4. The minimum atomic E-state index is 0.344. The van der Waals surface area contributed by atoms with Gasteiger partial charge in [0, 0.05) is 10.5 Å². The average Bonchev–Trinajstić information content (AvgIpc) is 2.03. The standard InChI is InChI=1S/C7H5BrN2O/c1-11-7-3-5(8)2-6(4-9)10-7/h2-3H,1H3. The molecule has 0 amide bonds. The molecule has 0 atom stereocenters. The molecule has 1 heterocycles. The Morgan fingerprint density at radius 1 is 1.64 bits per heavy atom. The van der Waals surface area contributed by atoms with Crippen LogP contribution in [0.1, 0.15) is 5.69 Å². The van der Waals surface area contributed by atoms with Gasteiger partial charge in [-0.1, -0.05) is 15.9 Å². The second-order valence-electron chi connectivity index (χ2n) is 1.82. The number of rotatable bonds is 1. The molecule has 0 bridgehead atoms. The van der Waals surface area contributed by atoms with Crippen LogP contribution in [0.3, 0.4) is 0 Å². The Kier molecular flexibility index (Phi) is 2.44. The highest BCUT2D eigenvalue weighted by molar-refractivity contribution is 9.10. The molecule has 0 N–H and O–H groups in total. The number of hydrogen-bond donors (Lipinski definition) is 0. The molecule has 1 rings (SSSR count). The first kappa shape index (κ1) is 8.02. The molecule has 0 aliphatic heterocycles. The summed E-state index contributed by atoms with van der Waals surface area (Å²) in [5.74, 6) is 0.441. The van der Waals surface area contributed by atoms with Crippen molar-refractivity contribution in [3.8, 4) is 11.9 Å². The number of methoxy groups -OCH3 is 1. The Morgan fingerprint density at radius 3 is 2.91 bits per heavy atom. The molecule has 0 unspecified atom stereocenters. The molecular weight excluding hydrogens is 208 g/mol. The summed E-state index contributed by atoms with van der Waals surface area (Å²) in [5.41, 5.74) is 0.344. The van der Waals surface area contributed by atoms with E-state index >= 15 is 0 Å². The molecule has 4 heteroatoms. The van der Waals surface area contributed by atoms with Crippen LogP contribution in [0.25, 0.3) is 0 Å². The maximum atomic E-state index is 8.49. The van der Waals surface area contributed by atoms with E-state index in [0.717, 1.165) is 4.47 Å². The van der Waals surface area contributed by atoms with Crippen molar-refractivity contribution in [1.29, 1.82) is 5.26 Å². The first-order valence-corrected chi connectivity index (χ1v) is 3.67. The first-order chi connectivity index (χ1) is 5.26. The second kappa shape index (κ2) is 3.35. The van der Waals surface area contributed by atoms with Crippen LogP contribution < -0.4 is 4.74 Å². The van der Waals surface area contributed by atoms with Gasteiger partial charge in [-0.25, -0.2) is 4.98 Å². The van der Waals surface area contributed by atoms with E-state index in [0.29, 0.717) is 11.6 Å². The van der Waals surface area contributed by atoms with E-state index in [1.165, 1.54) is 7.11 Å². The zero-order chi connectivity index (χ0) is 8.27. The predicted octanol–water partition coefficient (Wildman–Crippen LogP) is 1.72. The summed E-state index contributed by atoms with van der Waals surface area (Å²) in [7, 11) is 1.51. The monoisotopic (exact) mass is 212 g/mol. The van der Waals surface area contributed by atoms with Crippen molar-refractivity contribution in [3.05, 3.63) is 22.3 Å². The summed E-state index contributed by atoms with van der Waals surface area (Å²) in [5, 5.41) is 8.49. The predicted molar refractivity (Wildman–Crippen MR) is 43.2 cm³/mol. The van der Waals surface area contributed by atoms with Crippen molar-refractivity contribution in [2.75, 3.05) is 7.11 Å². The van der Waals surface area contributed by atoms with Crippen LogP contribution in [0.5, 0.6) is 5.88 Å².